The highest BCUT2D eigenvalue weighted by Gasteiger charge is 2.31. The summed E-state index contributed by atoms with van der Waals surface area (Å²) in [7, 11) is 0. The Hall–Kier alpha value is -4.46. The summed E-state index contributed by atoms with van der Waals surface area (Å²) in [4.78, 5) is 88.2. The number of ether oxygens (including phenoxy) is 4. The molecule has 0 aromatic rings. The van der Waals surface area contributed by atoms with Crippen LogP contribution in [0.3, 0.4) is 0 Å². The minimum Gasteiger partial charge on any atom is -0.378 e. The molecule has 0 N–H and O–H groups in total. The maximum Gasteiger partial charge on any atom is 0.248 e. The summed E-state index contributed by atoms with van der Waals surface area (Å²) >= 11 is 0. The van der Waals surface area contributed by atoms with E-state index in [1.54, 1.807) is 0 Å². The molecule has 0 unspecified atom stereocenters. The lowest BCUT2D eigenvalue weighted by molar-refractivity contribution is -0.156. The van der Waals surface area contributed by atoms with Crippen LogP contribution in [-0.2, 0) is 47.7 Å². The number of nitrogens with zero attached hydrogens (tertiary/aromatic N) is 8. The van der Waals surface area contributed by atoms with Crippen LogP contribution in [0.5, 0.6) is 0 Å². The first kappa shape index (κ1) is 43.9. The van der Waals surface area contributed by atoms with Gasteiger partial charge in [-0.2, -0.15) is 0 Å². The van der Waals surface area contributed by atoms with Crippen LogP contribution >= 0.6 is 0 Å². The molecule has 3 aliphatic heterocycles. The zero-order valence-electron chi connectivity index (χ0n) is 31.4. The van der Waals surface area contributed by atoms with Gasteiger partial charge in [-0.3, -0.25) is 38.6 Å². The van der Waals surface area contributed by atoms with Crippen molar-refractivity contribution >= 4 is 35.4 Å². The van der Waals surface area contributed by atoms with Crippen molar-refractivity contribution in [1.82, 2.24) is 39.2 Å². The van der Waals surface area contributed by atoms with Gasteiger partial charge in [0.15, 0.2) is 0 Å². The van der Waals surface area contributed by atoms with Crippen LogP contribution in [0.1, 0.15) is 12.8 Å². The fourth-order valence-electron chi connectivity index (χ4n) is 5.81. The lowest BCUT2D eigenvalue weighted by atomic mass is 10.3. The van der Waals surface area contributed by atoms with E-state index in [0.29, 0.717) is 92.1 Å². The number of amides is 6. The van der Waals surface area contributed by atoms with E-state index in [9.17, 15) is 28.8 Å². The van der Waals surface area contributed by atoms with Crippen LogP contribution in [0.15, 0.2) is 50.6 Å². The minimum absolute atomic E-state index is 0.0491. The van der Waals surface area contributed by atoms with Gasteiger partial charge in [-0.05, 0) is 24.3 Å². The predicted octanol–water partition coefficient (Wildman–Crippen LogP) is -1.06. The largest absolute Gasteiger partial charge is 0.378 e. The fraction of sp³-hybridized carbons (Fsp3) is 0.611. The molecule has 18 heteroatoms. The van der Waals surface area contributed by atoms with Crippen molar-refractivity contribution in [2.75, 3.05) is 132 Å². The molecule has 3 fully saturated rings. The summed E-state index contributed by atoms with van der Waals surface area (Å²) < 4.78 is 23.3. The van der Waals surface area contributed by atoms with Crippen molar-refractivity contribution < 1.29 is 47.7 Å². The molecule has 0 aliphatic carbocycles. The second kappa shape index (κ2) is 24.0. The molecule has 6 amide bonds. The highest BCUT2D eigenvalue weighted by atomic mass is 16.5. The molecule has 0 aromatic carbocycles. The molecule has 0 atom stereocenters. The number of carbonyl (C=O) groups excluding carboxylic acids is 6. The summed E-state index contributed by atoms with van der Waals surface area (Å²) in [5.74, 6) is -1.92. The van der Waals surface area contributed by atoms with Gasteiger partial charge in [0.1, 0.15) is 0 Å². The molecule has 3 aliphatic rings. The van der Waals surface area contributed by atoms with Crippen molar-refractivity contribution in [2.24, 2.45) is 0 Å². The summed E-state index contributed by atoms with van der Waals surface area (Å²) in [5, 5.41) is 0. The molecular weight excluding hydrogens is 704 g/mol. The Morgan fingerprint density at radius 3 is 0.870 bits per heavy atom. The summed E-state index contributed by atoms with van der Waals surface area (Å²) in [5.41, 5.74) is 0. The van der Waals surface area contributed by atoms with E-state index >= 15 is 0 Å². The van der Waals surface area contributed by atoms with Crippen LogP contribution in [0, 0.1) is 0 Å². The van der Waals surface area contributed by atoms with Gasteiger partial charge in [0.2, 0.25) is 35.4 Å². The predicted molar refractivity (Wildman–Crippen MR) is 196 cm³/mol. The monoisotopic (exact) mass is 760 g/mol. The van der Waals surface area contributed by atoms with Gasteiger partial charge in [-0.15, -0.1) is 0 Å². The van der Waals surface area contributed by atoms with Gasteiger partial charge in [0.05, 0.1) is 92.9 Å². The zero-order valence-corrected chi connectivity index (χ0v) is 31.4. The molecule has 3 rings (SSSR count). The number of hydrogen-bond acceptors (Lipinski definition) is 12. The molecule has 0 saturated carbocycles. The fourth-order valence-corrected chi connectivity index (χ4v) is 5.81. The van der Waals surface area contributed by atoms with Gasteiger partial charge >= 0.3 is 0 Å². The van der Waals surface area contributed by atoms with E-state index in [2.05, 4.69) is 36.1 Å². The van der Waals surface area contributed by atoms with Crippen molar-refractivity contribution in [3.63, 3.8) is 0 Å². The number of rotatable bonds is 10. The van der Waals surface area contributed by atoms with E-state index in [1.807, 2.05) is 0 Å². The Kier molecular flexibility index (Phi) is 19.6. The Labute approximate surface area is 317 Å². The van der Waals surface area contributed by atoms with Crippen molar-refractivity contribution in [1.29, 1.82) is 0 Å². The lowest BCUT2D eigenvalue weighted by Crippen LogP contribution is -2.59. The molecule has 0 radical (unpaired) electrons. The van der Waals surface area contributed by atoms with Crippen LogP contribution in [0.4, 0.5) is 0 Å². The first-order chi connectivity index (χ1) is 26.1. The lowest BCUT2D eigenvalue weighted by Gasteiger charge is -2.41. The maximum absolute atomic E-state index is 13.2. The number of carbonyl (C=O) groups is 6. The highest BCUT2D eigenvalue weighted by Crippen LogP contribution is 2.13. The van der Waals surface area contributed by atoms with E-state index in [1.165, 1.54) is 29.4 Å². The van der Waals surface area contributed by atoms with Gasteiger partial charge < -0.3 is 48.3 Å². The van der Waals surface area contributed by atoms with Crippen LogP contribution < -0.4 is 0 Å². The van der Waals surface area contributed by atoms with E-state index < -0.39 is 0 Å². The quantitative estimate of drug-likeness (QED) is 0.249. The van der Waals surface area contributed by atoms with E-state index in [0.717, 1.165) is 24.3 Å². The SMILES string of the molecule is C=CC(=O)N1CN(C(=O)C=C)CN(C(=O)CCN2CCOCCOCCN(CCC(=O)N3CN(C(=O)C=C)CN(C(=O)C=C)C3)CCOCCOCC2)C1. The second-order valence-corrected chi connectivity index (χ2v) is 12.7. The molecule has 0 bridgehead atoms. The van der Waals surface area contributed by atoms with Crippen molar-refractivity contribution in [2.45, 2.75) is 12.8 Å². The van der Waals surface area contributed by atoms with Gasteiger partial charge in [-0.25, -0.2) is 0 Å². The highest BCUT2D eigenvalue weighted by molar-refractivity contribution is 5.91. The van der Waals surface area contributed by atoms with E-state index in [4.69, 9.17) is 18.9 Å². The third kappa shape index (κ3) is 14.8. The van der Waals surface area contributed by atoms with Crippen LogP contribution in [0.2, 0.25) is 0 Å². The summed E-state index contributed by atoms with van der Waals surface area (Å²) in [6, 6.07) is 0. The molecule has 18 nitrogen and oxygen atoms in total. The number of hydrogen-bond donors (Lipinski definition) is 0. The average Bonchev–Trinajstić information content (AvgIpc) is 3.20. The zero-order chi connectivity index (χ0) is 39.3. The standard InChI is InChI=1S/C36H56N8O10/c1-5-31(45)39-25-40(32(46)6-2)28-43(27-39)35(49)9-11-37-13-17-51-21-23-53-19-15-38(16-20-54-24-22-52-18-14-37)12-10-36(50)44-29-41(33(47)7-3)26-42(30-44)34(48)8-4/h5-8H,1-4,9-30H2. The van der Waals surface area contributed by atoms with E-state index in [-0.39, 0.29) is 88.3 Å². The van der Waals surface area contributed by atoms with Crippen LogP contribution in [0.25, 0.3) is 0 Å². The van der Waals surface area contributed by atoms with Crippen molar-refractivity contribution in [3.05, 3.63) is 50.6 Å². The Balaban J connectivity index is 1.46. The normalized spacial score (nSPS) is 19.6. The summed E-state index contributed by atoms with van der Waals surface area (Å²) in [6.07, 6.45) is 4.94. The molecule has 3 heterocycles. The first-order valence-corrected chi connectivity index (χ1v) is 18.1. The minimum atomic E-state index is -0.379. The maximum atomic E-state index is 13.2. The average molecular weight is 761 g/mol. The second-order valence-electron chi connectivity index (χ2n) is 12.7. The molecular formula is C36H56N8O10. The third-order valence-electron chi connectivity index (χ3n) is 8.93. The Bertz CT molecular complexity index is 1160. The topological polar surface area (TPSA) is 165 Å². The van der Waals surface area contributed by atoms with Crippen molar-refractivity contribution in [3.8, 4) is 0 Å². The van der Waals surface area contributed by atoms with Gasteiger partial charge in [0.25, 0.3) is 0 Å². The molecule has 3 saturated heterocycles. The Morgan fingerprint density at radius 2 is 0.630 bits per heavy atom. The summed E-state index contributed by atoms with van der Waals surface area (Å²) in [6.45, 7) is 20.5. The first-order valence-electron chi connectivity index (χ1n) is 18.1. The molecule has 0 aromatic heterocycles. The van der Waals surface area contributed by atoms with Crippen LogP contribution in [-0.4, -0.2) is 207 Å². The molecule has 54 heavy (non-hydrogen) atoms. The van der Waals surface area contributed by atoms with Gasteiger partial charge in [0, 0.05) is 52.1 Å². The van der Waals surface area contributed by atoms with Gasteiger partial charge in [-0.1, -0.05) is 26.3 Å². The smallest absolute Gasteiger partial charge is 0.248 e. The Morgan fingerprint density at radius 1 is 0.389 bits per heavy atom. The third-order valence-corrected chi connectivity index (χ3v) is 8.93. The molecule has 0 spiro atoms. The molecule has 300 valence electrons.